The number of amides is 1. The zero-order valence-corrected chi connectivity index (χ0v) is 15.5. The Morgan fingerprint density at radius 1 is 1.11 bits per heavy atom. The van der Waals surface area contributed by atoms with Gasteiger partial charge in [-0.05, 0) is 36.8 Å². The third-order valence-corrected chi connectivity index (χ3v) is 4.83. The fraction of sp³-hybridized carbons (Fsp3) is 0.333. The van der Waals surface area contributed by atoms with Gasteiger partial charge in [-0.1, -0.05) is 24.3 Å². The molecule has 6 nitrogen and oxygen atoms in total. The van der Waals surface area contributed by atoms with E-state index in [0.29, 0.717) is 30.1 Å². The topological polar surface area (TPSA) is 89.5 Å². The first-order valence-electron chi connectivity index (χ1n) is 8.87. The Morgan fingerprint density at radius 2 is 1.81 bits per heavy atom. The summed E-state index contributed by atoms with van der Waals surface area (Å²) in [5.74, 6) is 0.721. The first-order chi connectivity index (χ1) is 13.0. The van der Waals surface area contributed by atoms with E-state index in [9.17, 15) is 9.59 Å². The average Bonchev–Trinajstić information content (AvgIpc) is 2.67. The molecule has 142 valence electrons. The quantitative estimate of drug-likeness (QED) is 0.789. The monoisotopic (exact) mass is 370 g/mol. The van der Waals surface area contributed by atoms with Crippen molar-refractivity contribution in [3.05, 3.63) is 59.7 Å². The molecule has 3 N–H and O–H groups in total. The van der Waals surface area contributed by atoms with E-state index in [1.54, 1.807) is 31.4 Å². The van der Waals surface area contributed by atoms with Crippen LogP contribution in [0.15, 0.2) is 48.5 Å². The maximum Gasteiger partial charge on any atom is 0.312 e. The minimum atomic E-state index is -0.384. The summed E-state index contributed by atoms with van der Waals surface area (Å²) in [7, 11) is 1.57. The molecule has 1 aliphatic rings. The van der Waals surface area contributed by atoms with Crippen LogP contribution in [0.5, 0.6) is 11.5 Å². The van der Waals surface area contributed by atoms with Gasteiger partial charge in [0.05, 0.1) is 12.5 Å². The molecule has 0 saturated carbocycles. The normalized spacial score (nSPS) is 22.3. The van der Waals surface area contributed by atoms with Crippen LogP contribution in [0.1, 0.15) is 35.2 Å². The molecule has 0 aromatic heterocycles. The molecule has 1 saturated heterocycles. The molecule has 1 aliphatic heterocycles. The van der Waals surface area contributed by atoms with E-state index < -0.39 is 0 Å². The van der Waals surface area contributed by atoms with Crippen LogP contribution in [0, 0.1) is 5.92 Å². The van der Waals surface area contributed by atoms with Crippen molar-refractivity contribution < 1.29 is 29.5 Å². The maximum absolute atomic E-state index is 12.0. The lowest BCUT2D eigenvalue weighted by Gasteiger charge is -2.33. The predicted octanol–water partition coefficient (Wildman–Crippen LogP) is 2.54. The molecule has 3 atom stereocenters. The van der Waals surface area contributed by atoms with Crippen molar-refractivity contribution in [2.45, 2.75) is 25.6 Å². The van der Waals surface area contributed by atoms with Crippen LogP contribution < -0.4 is 10.5 Å². The summed E-state index contributed by atoms with van der Waals surface area (Å²) in [5, 5.41) is 0. The Kier molecular flexibility index (Phi) is 6.01. The summed E-state index contributed by atoms with van der Waals surface area (Å²) in [6.45, 7) is 1.90. The number of carbonyl (C=O) groups excluding carboxylic acids is 2. The minimum Gasteiger partial charge on any atom is -0.457 e. The minimum absolute atomic E-state index is 0.0157. The van der Waals surface area contributed by atoms with Gasteiger partial charge >= 0.3 is 5.91 Å². The van der Waals surface area contributed by atoms with Crippen molar-refractivity contribution in [2.24, 2.45) is 5.92 Å². The molecule has 1 fully saturated rings. The number of ketones is 1. The Balaban J connectivity index is 1.81. The largest absolute Gasteiger partial charge is 0.457 e. The molecule has 27 heavy (non-hydrogen) atoms. The Labute approximate surface area is 158 Å². The van der Waals surface area contributed by atoms with Crippen molar-refractivity contribution in [1.29, 1.82) is 0 Å². The molecule has 1 heterocycles. The van der Waals surface area contributed by atoms with Crippen LogP contribution in [-0.4, -0.2) is 31.7 Å². The van der Waals surface area contributed by atoms with Gasteiger partial charge in [-0.2, -0.15) is 0 Å². The fourth-order valence-corrected chi connectivity index (χ4v) is 3.34. The second kappa shape index (κ2) is 8.43. The highest BCUT2D eigenvalue weighted by atomic mass is 16.7. The average molecular weight is 370 g/mol. The first-order valence-corrected chi connectivity index (χ1v) is 8.87. The van der Waals surface area contributed by atoms with E-state index in [1.165, 1.54) is 6.92 Å². The van der Waals surface area contributed by atoms with E-state index in [-0.39, 0.29) is 29.8 Å². The van der Waals surface area contributed by atoms with Crippen LogP contribution in [0.3, 0.4) is 0 Å². The first kappa shape index (κ1) is 19.2. The number of Topliss-reactive ketones (excluding diaryl/α,β-unsaturated/α-hetero) is 1. The van der Waals surface area contributed by atoms with Gasteiger partial charge in [-0.15, -0.1) is 0 Å². The zero-order valence-electron chi connectivity index (χ0n) is 15.5. The second-order valence-corrected chi connectivity index (χ2v) is 6.67. The van der Waals surface area contributed by atoms with Crippen molar-refractivity contribution in [1.82, 2.24) is 0 Å². The van der Waals surface area contributed by atoms with E-state index in [2.05, 4.69) is 5.73 Å². The molecule has 6 heteroatoms. The number of quaternary nitrogens is 1. The second-order valence-electron chi connectivity index (χ2n) is 6.67. The molecule has 0 bridgehead atoms. The summed E-state index contributed by atoms with van der Waals surface area (Å²) in [4.78, 5) is 23.6. The van der Waals surface area contributed by atoms with E-state index in [0.717, 1.165) is 5.56 Å². The molecule has 2 aromatic rings. The van der Waals surface area contributed by atoms with Gasteiger partial charge in [0.2, 0.25) is 0 Å². The van der Waals surface area contributed by atoms with E-state index in [4.69, 9.17) is 14.2 Å². The van der Waals surface area contributed by atoms with Crippen molar-refractivity contribution >= 4 is 11.7 Å². The Hall–Kier alpha value is -2.54. The number of hydrogen-bond donors (Lipinski definition) is 1. The molecule has 2 aromatic carbocycles. The van der Waals surface area contributed by atoms with Crippen LogP contribution in [0.25, 0.3) is 0 Å². The molecule has 3 rings (SSSR count). The Bertz CT molecular complexity index is 835. The molecule has 1 unspecified atom stereocenters. The van der Waals surface area contributed by atoms with Crippen LogP contribution in [0.2, 0.25) is 0 Å². The standard InChI is InChI=1S/C21H23NO5/c1-13(23)14-5-3-7-16(9-14)27-17-8-4-6-15(10-17)19-12-26-20(25-2)11-18(19)21(22)24/h3-10,18-20H,11-12H2,1-2H3,(H2,22,24)/p+1/t18-,19+,20?/m1/s1. The summed E-state index contributed by atoms with van der Waals surface area (Å²) in [5.41, 5.74) is 5.16. The fourth-order valence-electron chi connectivity index (χ4n) is 3.34. The van der Waals surface area contributed by atoms with Crippen molar-refractivity contribution in [2.75, 3.05) is 13.7 Å². The van der Waals surface area contributed by atoms with Gasteiger partial charge in [-0.3, -0.25) is 10.5 Å². The number of hydrogen-bond acceptors (Lipinski definition) is 5. The number of methoxy groups -OCH3 is 1. The lowest BCUT2D eigenvalue weighted by molar-refractivity contribution is -0.317. The number of ether oxygens (including phenoxy) is 3. The molecule has 0 aliphatic carbocycles. The highest BCUT2D eigenvalue weighted by molar-refractivity contribution is 5.94. The highest BCUT2D eigenvalue weighted by Crippen LogP contribution is 2.35. The van der Waals surface area contributed by atoms with Gasteiger partial charge in [0.25, 0.3) is 0 Å². The van der Waals surface area contributed by atoms with Gasteiger partial charge < -0.3 is 14.2 Å². The summed E-state index contributed by atoms with van der Waals surface area (Å²) < 4.78 is 16.8. The van der Waals surface area contributed by atoms with Crippen LogP contribution in [0.4, 0.5) is 0 Å². The van der Waals surface area contributed by atoms with Gasteiger partial charge in [0, 0.05) is 25.0 Å². The summed E-state index contributed by atoms with van der Waals surface area (Å²) in [6.07, 6.45) is 0.0978. The van der Waals surface area contributed by atoms with E-state index >= 15 is 0 Å². The summed E-state index contributed by atoms with van der Waals surface area (Å²) >= 11 is 0. The lowest BCUT2D eigenvalue weighted by atomic mass is 9.82. The molecule has 0 radical (unpaired) electrons. The number of rotatable bonds is 6. The lowest BCUT2D eigenvalue weighted by Crippen LogP contribution is -2.62. The van der Waals surface area contributed by atoms with Gasteiger partial charge in [-0.25, -0.2) is 4.79 Å². The molecule has 0 spiro atoms. The van der Waals surface area contributed by atoms with Crippen LogP contribution in [-0.2, 0) is 14.3 Å². The van der Waals surface area contributed by atoms with Crippen LogP contribution >= 0.6 is 0 Å². The van der Waals surface area contributed by atoms with Crippen molar-refractivity contribution in [3.8, 4) is 11.5 Å². The highest BCUT2D eigenvalue weighted by Gasteiger charge is 2.38. The van der Waals surface area contributed by atoms with Gasteiger partial charge in [0.15, 0.2) is 12.1 Å². The predicted molar refractivity (Wildman–Crippen MR) is 98.5 cm³/mol. The SMILES string of the molecule is COC1C[C@@H](C([NH3+])=O)[C@H](c2cccc(Oc3cccc(C(C)=O)c3)c2)CO1. The Morgan fingerprint density at radius 3 is 2.48 bits per heavy atom. The third-order valence-electron chi connectivity index (χ3n) is 4.83. The van der Waals surface area contributed by atoms with E-state index in [1.807, 2.05) is 24.3 Å². The number of benzene rings is 2. The van der Waals surface area contributed by atoms with Crippen molar-refractivity contribution in [3.63, 3.8) is 0 Å². The zero-order chi connectivity index (χ0) is 19.4. The van der Waals surface area contributed by atoms with Gasteiger partial charge in [0.1, 0.15) is 11.5 Å². The third kappa shape index (κ3) is 4.60. The molecular formula is C21H24NO5+. The smallest absolute Gasteiger partial charge is 0.312 e. The molecule has 1 amide bonds. The summed E-state index contributed by atoms with van der Waals surface area (Å²) in [6, 6.07) is 14.6. The maximum atomic E-state index is 12.0. The molecular weight excluding hydrogens is 346 g/mol. The number of carbonyl (C=O) groups is 2.